The van der Waals surface area contributed by atoms with Crippen LogP contribution in [0.15, 0.2) is 0 Å². The van der Waals surface area contributed by atoms with Crippen LogP contribution in [0.25, 0.3) is 0 Å². The second kappa shape index (κ2) is 17.4. The van der Waals surface area contributed by atoms with E-state index in [0.717, 1.165) is 0 Å². The molecule has 4 aliphatic heterocycles. The molecule has 4 heterocycles. The number of hydrogen-bond donors (Lipinski definition) is 14. The lowest BCUT2D eigenvalue weighted by molar-refractivity contribution is -0.387. The molecule has 51 heavy (non-hydrogen) atoms. The zero-order valence-corrected chi connectivity index (χ0v) is 27.7. The number of carboxylic acids is 1. The fourth-order valence-electron chi connectivity index (χ4n) is 6.69. The number of rotatable bonds is 13. The summed E-state index contributed by atoms with van der Waals surface area (Å²) in [5.41, 5.74) is 5.89. The highest BCUT2D eigenvalue weighted by Gasteiger charge is 2.59. The fraction of sp³-hybridized carbons (Fsp3) is 0.966. The average Bonchev–Trinajstić information content (AvgIpc) is 3.10. The van der Waals surface area contributed by atoms with Gasteiger partial charge in [-0.2, -0.15) is 0 Å². The molecule has 4 saturated heterocycles. The molecule has 21 atom stereocenters. The van der Waals surface area contributed by atoms with Crippen LogP contribution in [0.2, 0.25) is 0 Å². The van der Waals surface area contributed by atoms with Crippen LogP contribution in [0.1, 0.15) is 20.3 Å². The van der Waals surface area contributed by atoms with Crippen molar-refractivity contribution in [2.75, 3.05) is 26.4 Å². The first-order valence-corrected chi connectivity index (χ1v) is 16.5. The van der Waals surface area contributed by atoms with E-state index in [1.807, 2.05) is 0 Å². The number of carboxylic acid groups (broad SMARTS) is 1. The molecular formula is C29H51NO21. The van der Waals surface area contributed by atoms with E-state index in [1.54, 1.807) is 0 Å². The van der Waals surface area contributed by atoms with Crippen LogP contribution < -0.4 is 5.73 Å². The monoisotopic (exact) mass is 749 g/mol. The van der Waals surface area contributed by atoms with Crippen molar-refractivity contribution in [3.8, 4) is 0 Å². The third-order valence-corrected chi connectivity index (χ3v) is 9.86. The van der Waals surface area contributed by atoms with Crippen molar-refractivity contribution in [3.05, 3.63) is 0 Å². The highest BCUT2D eigenvalue weighted by Crippen LogP contribution is 2.39. The molecule has 0 aromatic carbocycles. The Morgan fingerprint density at radius 1 is 0.765 bits per heavy atom. The van der Waals surface area contributed by atoms with Gasteiger partial charge in [0.15, 0.2) is 12.6 Å². The number of aliphatic hydroxyl groups excluding tert-OH is 12. The van der Waals surface area contributed by atoms with E-state index in [0.29, 0.717) is 0 Å². The third kappa shape index (κ3) is 8.50. The Morgan fingerprint density at radius 3 is 1.90 bits per heavy atom. The maximum Gasteiger partial charge on any atom is 0.364 e. The number of carbonyl (C=O) groups is 1. The molecule has 298 valence electrons. The molecular weight excluding hydrogens is 698 g/mol. The molecule has 0 spiro atoms. The van der Waals surface area contributed by atoms with Gasteiger partial charge >= 0.3 is 5.97 Å². The molecule has 22 nitrogen and oxygen atoms in total. The lowest BCUT2D eigenvalue weighted by Crippen LogP contribution is -2.70. The first-order valence-electron chi connectivity index (χ1n) is 16.5. The lowest BCUT2D eigenvalue weighted by Gasteiger charge is -2.50. The Labute approximate surface area is 291 Å². The number of nitrogens with two attached hydrogens (primary N) is 1. The summed E-state index contributed by atoms with van der Waals surface area (Å²) in [5.74, 6) is -5.89. The summed E-state index contributed by atoms with van der Waals surface area (Å²) in [4.78, 5) is 12.6. The Bertz CT molecular complexity index is 1120. The van der Waals surface area contributed by atoms with Crippen LogP contribution in [0.3, 0.4) is 0 Å². The smallest absolute Gasteiger partial charge is 0.364 e. The number of hydrogen-bond acceptors (Lipinski definition) is 21. The van der Waals surface area contributed by atoms with Crippen molar-refractivity contribution in [2.24, 2.45) is 11.7 Å². The largest absolute Gasteiger partial charge is 0.477 e. The van der Waals surface area contributed by atoms with E-state index in [9.17, 15) is 71.2 Å². The lowest BCUT2D eigenvalue weighted by atomic mass is 9.88. The quantitative estimate of drug-likeness (QED) is 0.0831. The summed E-state index contributed by atoms with van der Waals surface area (Å²) in [6, 6.07) is -1.50. The number of aliphatic carboxylic acids is 1. The molecule has 4 aliphatic rings. The number of ether oxygens (including phenoxy) is 7. The van der Waals surface area contributed by atoms with Crippen molar-refractivity contribution in [2.45, 2.75) is 142 Å². The fourth-order valence-corrected chi connectivity index (χ4v) is 6.69. The summed E-state index contributed by atoms with van der Waals surface area (Å²) in [5, 5.41) is 135. The van der Waals surface area contributed by atoms with Gasteiger partial charge < -0.3 is 105 Å². The van der Waals surface area contributed by atoms with E-state index in [2.05, 4.69) is 0 Å². The Kier molecular flexibility index (Phi) is 14.5. The van der Waals surface area contributed by atoms with Crippen molar-refractivity contribution < 1.29 is 104 Å². The van der Waals surface area contributed by atoms with Gasteiger partial charge in [-0.25, -0.2) is 4.79 Å². The molecule has 4 fully saturated rings. The Balaban J connectivity index is 1.54. The molecule has 0 amide bonds. The summed E-state index contributed by atoms with van der Waals surface area (Å²) in [6.07, 6.45) is -30.3. The summed E-state index contributed by atoms with van der Waals surface area (Å²) in [6.45, 7) is -0.391. The highest BCUT2D eigenvalue weighted by atomic mass is 16.8. The maximum absolute atomic E-state index is 12.6. The minimum atomic E-state index is -2.96. The molecule has 0 saturated carbocycles. The van der Waals surface area contributed by atoms with Crippen LogP contribution in [0.4, 0.5) is 0 Å². The van der Waals surface area contributed by atoms with Crippen molar-refractivity contribution in [1.29, 1.82) is 0 Å². The molecule has 22 heteroatoms. The summed E-state index contributed by atoms with van der Waals surface area (Å²) in [7, 11) is 0. The minimum absolute atomic E-state index is 0.579. The highest BCUT2D eigenvalue weighted by molar-refractivity contribution is 5.76. The van der Waals surface area contributed by atoms with Crippen LogP contribution >= 0.6 is 0 Å². The van der Waals surface area contributed by atoms with Crippen LogP contribution in [-0.4, -0.2) is 221 Å². The summed E-state index contributed by atoms with van der Waals surface area (Å²) >= 11 is 0. The predicted molar refractivity (Wildman–Crippen MR) is 160 cm³/mol. The van der Waals surface area contributed by atoms with Gasteiger partial charge in [-0.3, -0.25) is 0 Å². The molecule has 0 aromatic rings. The zero-order chi connectivity index (χ0) is 38.1. The first-order chi connectivity index (χ1) is 24.0. The van der Waals surface area contributed by atoms with Crippen LogP contribution in [0, 0.1) is 5.92 Å². The standard InChI is InChI=1S/C29H51NO21/c1-8-16(37)23(14(7-34)47-26(8)48-22-9(2)45-12(5-32)18(39)20(22)41)49-27-21(42)25(19(40)13(6-33)46-27)51-29(28(43)44)3-10(35)15(30)24(50-29)17(38)11(36)4-31/h8-27,31-42H,3-7,30H2,1-2H3,(H,43,44)/t8?,9-,10-,11?,12?,13?,14+,15-,16?,17-,18-,19+,20?,21+,22+,23-,24?,25?,26+,27+,29+/m1/s1. The van der Waals surface area contributed by atoms with Gasteiger partial charge in [0, 0.05) is 12.3 Å². The van der Waals surface area contributed by atoms with Gasteiger partial charge in [-0.05, 0) is 6.92 Å². The van der Waals surface area contributed by atoms with Gasteiger partial charge in [-0.1, -0.05) is 6.92 Å². The summed E-state index contributed by atoms with van der Waals surface area (Å²) < 4.78 is 39.6. The molecule has 15 N–H and O–H groups in total. The predicted octanol–water partition coefficient (Wildman–Crippen LogP) is -8.23. The van der Waals surface area contributed by atoms with Crippen molar-refractivity contribution in [1.82, 2.24) is 0 Å². The second-order valence-electron chi connectivity index (χ2n) is 13.3. The van der Waals surface area contributed by atoms with Gasteiger partial charge in [0.1, 0.15) is 79.4 Å². The van der Waals surface area contributed by atoms with Crippen LogP contribution in [-0.2, 0) is 38.0 Å². The van der Waals surface area contributed by atoms with E-state index < -0.39 is 167 Å². The first kappa shape index (κ1) is 42.4. The molecule has 0 aliphatic carbocycles. The van der Waals surface area contributed by atoms with Gasteiger partial charge in [0.05, 0.1) is 50.8 Å². The second-order valence-corrected chi connectivity index (χ2v) is 13.3. The normalized spacial score (nSPS) is 49.3. The van der Waals surface area contributed by atoms with E-state index in [4.69, 9.17) is 38.9 Å². The van der Waals surface area contributed by atoms with E-state index in [-0.39, 0.29) is 0 Å². The van der Waals surface area contributed by atoms with Gasteiger partial charge in [0.2, 0.25) is 0 Å². The molecule has 0 aromatic heterocycles. The SMILES string of the molecule is CC1C(O)[C@H](O[C@@H]2OC(CO)[C@H](O)C(O[C@]3(C(=O)O)C[C@@H](O)[C@@H](N)C([C@H](O)C(O)CO)O3)[C@@H]2O)[C@H](CO)O[C@H]1O[C@@H]1C(O)[C@H](O)C(CO)O[C@@H]1C. The zero-order valence-electron chi connectivity index (χ0n) is 27.7. The van der Waals surface area contributed by atoms with Crippen LogP contribution in [0.5, 0.6) is 0 Å². The Morgan fingerprint density at radius 2 is 1.33 bits per heavy atom. The molecule has 4 rings (SSSR count). The molecule has 0 radical (unpaired) electrons. The van der Waals surface area contributed by atoms with Gasteiger partial charge in [0.25, 0.3) is 5.79 Å². The van der Waals surface area contributed by atoms with Gasteiger partial charge in [-0.15, -0.1) is 0 Å². The number of aliphatic hydroxyl groups is 12. The van der Waals surface area contributed by atoms with Crippen molar-refractivity contribution >= 4 is 5.97 Å². The molecule has 8 unspecified atom stereocenters. The minimum Gasteiger partial charge on any atom is -0.477 e. The Hall–Kier alpha value is -1.33. The average molecular weight is 750 g/mol. The topological polar surface area (TPSA) is 371 Å². The third-order valence-electron chi connectivity index (χ3n) is 9.86. The van der Waals surface area contributed by atoms with Crippen molar-refractivity contribution in [3.63, 3.8) is 0 Å². The molecule has 0 bridgehead atoms. The maximum atomic E-state index is 12.6. The van der Waals surface area contributed by atoms with E-state index in [1.165, 1.54) is 13.8 Å². The van der Waals surface area contributed by atoms with E-state index >= 15 is 0 Å².